The quantitative estimate of drug-likeness (QED) is 0.620. The van der Waals surface area contributed by atoms with Crippen molar-refractivity contribution in [2.75, 3.05) is 19.0 Å². The highest BCUT2D eigenvalue weighted by molar-refractivity contribution is 5.62. The summed E-state index contributed by atoms with van der Waals surface area (Å²) in [5.41, 5.74) is -0.304. The molecule has 0 spiro atoms. The molecule has 0 radical (unpaired) electrons. The van der Waals surface area contributed by atoms with Crippen molar-refractivity contribution in [3.05, 3.63) is 40.7 Å². The summed E-state index contributed by atoms with van der Waals surface area (Å²) >= 11 is 0. The van der Waals surface area contributed by atoms with Gasteiger partial charge in [-0.1, -0.05) is 19.1 Å². The van der Waals surface area contributed by atoms with Crippen LogP contribution in [0, 0.1) is 10.1 Å². The molecule has 1 aromatic heterocycles. The minimum absolute atomic E-state index is 0.131. The fourth-order valence-electron chi connectivity index (χ4n) is 1.78. The van der Waals surface area contributed by atoms with Gasteiger partial charge < -0.3 is 14.8 Å². The maximum atomic E-state index is 11.3. The summed E-state index contributed by atoms with van der Waals surface area (Å²) in [5, 5.41) is 14.2. The number of benzene rings is 1. The molecule has 0 atom stereocenters. The van der Waals surface area contributed by atoms with Crippen molar-refractivity contribution < 1.29 is 14.4 Å². The molecule has 116 valence electrons. The molecule has 0 bridgehead atoms. The first-order valence-electron chi connectivity index (χ1n) is 6.71. The normalized spacial score (nSPS) is 10.1. The van der Waals surface area contributed by atoms with E-state index in [4.69, 9.17) is 9.47 Å². The molecule has 1 aromatic carbocycles. The number of rotatable bonds is 7. The average Bonchev–Trinajstić information content (AvgIpc) is 2.53. The van der Waals surface area contributed by atoms with E-state index in [9.17, 15) is 10.1 Å². The molecule has 8 heteroatoms. The van der Waals surface area contributed by atoms with Gasteiger partial charge in [-0.2, -0.15) is 4.98 Å². The molecule has 0 aliphatic heterocycles. The second kappa shape index (κ2) is 7.21. The maximum absolute atomic E-state index is 11.3. The van der Waals surface area contributed by atoms with Crippen molar-refractivity contribution in [1.29, 1.82) is 0 Å². The van der Waals surface area contributed by atoms with Crippen molar-refractivity contribution in [2.45, 2.75) is 13.3 Å². The molecule has 0 aliphatic carbocycles. The summed E-state index contributed by atoms with van der Waals surface area (Å²) < 4.78 is 10.7. The van der Waals surface area contributed by atoms with Gasteiger partial charge in [0.1, 0.15) is 6.33 Å². The van der Waals surface area contributed by atoms with Crippen molar-refractivity contribution in [1.82, 2.24) is 9.97 Å². The van der Waals surface area contributed by atoms with Crippen LogP contribution < -0.4 is 14.8 Å². The Labute approximate surface area is 127 Å². The Morgan fingerprint density at radius 1 is 1.27 bits per heavy atom. The summed E-state index contributed by atoms with van der Waals surface area (Å²) in [4.78, 5) is 18.5. The van der Waals surface area contributed by atoms with Crippen LogP contribution in [0.3, 0.4) is 0 Å². The summed E-state index contributed by atoms with van der Waals surface area (Å²) in [7, 11) is 1.49. The first kappa shape index (κ1) is 15.5. The van der Waals surface area contributed by atoms with E-state index in [2.05, 4.69) is 15.3 Å². The van der Waals surface area contributed by atoms with Gasteiger partial charge in [0.05, 0.1) is 12.0 Å². The summed E-state index contributed by atoms with van der Waals surface area (Å²) in [5.74, 6) is 0.793. The van der Waals surface area contributed by atoms with Gasteiger partial charge in [0.2, 0.25) is 5.82 Å². The zero-order chi connectivity index (χ0) is 15.9. The molecule has 0 saturated carbocycles. The number of methoxy groups -OCH3 is 1. The predicted molar refractivity (Wildman–Crippen MR) is 80.5 cm³/mol. The van der Waals surface area contributed by atoms with Crippen LogP contribution in [-0.2, 0) is 0 Å². The van der Waals surface area contributed by atoms with Gasteiger partial charge in [0.25, 0.3) is 0 Å². The van der Waals surface area contributed by atoms with Gasteiger partial charge in [-0.3, -0.25) is 10.1 Å². The third-order valence-corrected chi connectivity index (χ3v) is 2.79. The van der Waals surface area contributed by atoms with Crippen LogP contribution in [0.2, 0.25) is 0 Å². The zero-order valence-corrected chi connectivity index (χ0v) is 12.3. The Kier molecular flexibility index (Phi) is 5.07. The zero-order valence-electron chi connectivity index (χ0n) is 12.3. The fourth-order valence-corrected chi connectivity index (χ4v) is 1.78. The molecule has 1 heterocycles. The van der Waals surface area contributed by atoms with Crippen molar-refractivity contribution >= 4 is 11.5 Å². The lowest BCUT2D eigenvalue weighted by molar-refractivity contribution is -0.385. The number of aromatic nitrogens is 2. The van der Waals surface area contributed by atoms with Gasteiger partial charge in [-0.25, -0.2) is 4.98 Å². The minimum Gasteiger partial charge on any atom is -0.493 e. The molecule has 0 fully saturated rings. The highest BCUT2D eigenvalue weighted by Gasteiger charge is 2.25. The number of hydrogen-bond donors (Lipinski definition) is 1. The third kappa shape index (κ3) is 3.40. The van der Waals surface area contributed by atoms with E-state index in [1.165, 1.54) is 13.4 Å². The molecule has 22 heavy (non-hydrogen) atoms. The molecule has 0 aliphatic rings. The number of nitro groups is 1. The van der Waals surface area contributed by atoms with Gasteiger partial charge in [-0.15, -0.1) is 0 Å². The van der Waals surface area contributed by atoms with Crippen LogP contribution in [0.15, 0.2) is 30.6 Å². The Balaban J connectivity index is 2.40. The van der Waals surface area contributed by atoms with E-state index >= 15 is 0 Å². The molecular formula is C14H16N4O4. The molecule has 0 amide bonds. The maximum Gasteiger partial charge on any atom is 0.373 e. The van der Waals surface area contributed by atoms with E-state index in [-0.39, 0.29) is 17.4 Å². The molecule has 8 nitrogen and oxygen atoms in total. The SMILES string of the molecule is CCCNc1ncnc(Oc2ccccc2OC)c1[N+](=O)[O-]. The van der Waals surface area contributed by atoms with Crippen LogP contribution >= 0.6 is 0 Å². The Morgan fingerprint density at radius 2 is 2.00 bits per heavy atom. The van der Waals surface area contributed by atoms with Crippen molar-refractivity contribution in [3.8, 4) is 17.4 Å². The van der Waals surface area contributed by atoms with Gasteiger partial charge in [-0.05, 0) is 18.6 Å². The van der Waals surface area contributed by atoms with Crippen LogP contribution in [0.1, 0.15) is 13.3 Å². The first-order chi connectivity index (χ1) is 10.7. The Hall–Kier alpha value is -2.90. The second-order valence-corrected chi connectivity index (χ2v) is 4.31. The van der Waals surface area contributed by atoms with Crippen LogP contribution in [0.5, 0.6) is 17.4 Å². The lowest BCUT2D eigenvalue weighted by Crippen LogP contribution is -2.07. The van der Waals surface area contributed by atoms with Crippen molar-refractivity contribution in [3.63, 3.8) is 0 Å². The standard InChI is InChI=1S/C14H16N4O4/c1-3-8-15-13-12(18(19)20)14(17-9-16-13)22-11-7-5-4-6-10(11)21-2/h4-7,9H,3,8H2,1-2H3,(H,15,16,17). The van der Waals surface area contributed by atoms with E-state index in [1.54, 1.807) is 24.3 Å². The van der Waals surface area contributed by atoms with Crippen LogP contribution in [0.25, 0.3) is 0 Å². The highest BCUT2D eigenvalue weighted by atomic mass is 16.6. The number of hydrogen-bond acceptors (Lipinski definition) is 7. The fraction of sp³-hybridized carbons (Fsp3) is 0.286. The molecule has 0 unspecified atom stereocenters. The van der Waals surface area contributed by atoms with E-state index in [0.29, 0.717) is 18.0 Å². The van der Waals surface area contributed by atoms with Crippen LogP contribution in [0.4, 0.5) is 11.5 Å². The lowest BCUT2D eigenvalue weighted by Gasteiger charge is -2.10. The first-order valence-corrected chi connectivity index (χ1v) is 6.71. The highest BCUT2D eigenvalue weighted by Crippen LogP contribution is 2.37. The average molecular weight is 304 g/mol. The topological polar surface area (TPSA) is 99.4 Å². The monoisotopic (exact) mass is 304 g/mol. The number of nitrogens with zero attached hydrogens (tertiary/aromatic N) is 3. The molecule has 2 rings (SSSR count). The van der Waals surface area contributed by atoms with E-state index < -0.39 is 4.92 Å². The number of ether oxygens (including phenoxy) is 2. The van der Waals surface area contributed by atoms with E-state index in [1.807, 2.05) is 6.92 Å². The predicted octanol–water partition coefficient (Wildman–Crippen LogP) is 3.01. The van der Waals surface area contributed by atoms with Gasteiger partial charge >= 0.3 is 11.6 Å². The third-order valence-electron chi connectivity index (χ3n) is 2.79. The van der Waals surface area contributed by atoms with Gasteiger partial charge in [0.15, 0.2) is 11.5 Å². The van der Waals surface area contributed by atoms with E-state index in [0.717, 1.165) is 6.42 Å². The lowest BCUT2D eigenvalue weighted by atomic mass is 10.3. The summed E-state index contributed by atoms with van der Waals surface area (Å²) in [6.07, 6.45) is 2.03. The number of nitrogens with one attached hydrogen (secondary N) is 1. The molecular weight excluding hydrogens is 288 g/mol. The Morgan fingerprint density at radius 3 is 2.64 bits per heavy atom. The molecule has 0 saturated heterocycles. The number of anilines is 1. The second-order valence-electron chi connectivity index (χ2n) is 4.31. The number of para-hydroxylation sites is 2. The van der Waals surface area contributed by atoms with Crippen LogP contribution in [-0.4, -0.2) is 28.5 Å². The minimum atomic E-state index is -0.567. The summed E-state index contributed by atoms with van der Waals surface area (Å²) in [6, 6.07) is 6.85. The Bertz CT molecular complexity index is 663. The largest absolute Gasteiger partial charge is 0.493 e. The summed E-state index contributed by atoms with van der Waals surface area (Å²) in [6.45, 7) is 2.51. The smallest absolute Gasteiger partial charge is 0.373 e. The molecule has 1 N–H and O–H groups in total. The van der Waals surface area contributed by atoms with Gasteiger partial charge in [0, 0.05) is 6.54 Å². The molecule has 2 aromatic rings. The van der Waals surface area contributed by atoms with Crippen molar-refractivity contribution in [2.24, 2.45) is 0 Å².